The summed E-state index contributed by atoms with van der Waals surface area (Å²) < 4.78 is 4.99. The van der Waals surface area contributed by atoms with Crippen LogP contribution in [0.4, 0.5) is 5.69 Å². The fraction of sp³-hybridized carbons (Fsp3) is 0.273. The number of thiocarbonyl (C=S) groups is 1. The highest BCUT2D eigenvalue weighted by molar-refractivity contribution is 7.80. The number of hydrogen-bond donors (Lipinski definition) is 1. The Balaban J connectivity index is 1.83. The number of hydrogen-bond acceptors (Lipinski definition) is 3. The van der Waals surface area contributed by atoms with Gasteiger partial charge in [-0.15, -0.1) is 0 Å². The quantitative estimate of drug-likeness (QED) is 0.477. The Morgan fingerprint density at radius 2 is 1.81 bits per heavy atom. The standard InChI is InChI=1S/C22H21NO2S/c1-4-25-21(24)17-10-7-15(8-11-17)5-6-16-9-12-19-18(13-16)22(2,3)14-20(26)23-19/h7-13H,4,14H2,1-3H3,(H,23,26). The van der Waals surface area contributed by atoms with Gasteiger partial charge in [-0.3, -0.25) is 0 Å². The van der Waals surface area contributed by atoms with Crippen LogP contribution < -0.4 is 5.32 Å². The van der Waals surface area contributed by atoms with E-state index in [1.165, 1.54) is 5.56 Å². The molecule has 0 unspecified atom stereocenters. The third kappa shape index (κ3) is 3.95. The van der Waals surface area contributed by atoms with Crippen molar-refractivity contribution in [2.24, 2.45) is 0 Å². The zero-order valence-electron chi connectivity index (χ0n) is 15.2. The number of carbonyl (C=O) groups excluding carboxylic acids is 1. The third-order valence-corrected chi connectivity index (χ3v) is 4.62. The van der Waals surface area contributed by atoms with Gasteiger partial charge in [-0.25, -0.2) is 4.79 Å². The molecule has 1 heterocycles. The predicted octanol–water partition coefficient (Wildman–Crippen LogP) is 4.68. The second kappa shape index (κ2) is 7.31. The fourth-order valence-electron chi connectivity index (χ4n) is 3.03. The van der Waals surface area contributed by atoms with E-state index in [0.29, 0.717) is 12.2 Å². The largest absolute Gasteiger partial charge is 0.462 e. The number of esters is 1. The van der Waals surface area contributed by atoms with Crippen molar-refractivity contribution >= 4 is 28.9 Å². The van der Waals surface area contributed by atoms with Crippen LogP contribution in [0, 0.1) is 11.8 Å². The summed E-state index contributed by atoms with van der Waals surface area (Å²) in [6, 6.07) is 13.3. The summed E-state index contributed by atoms with van der Waals surface area (Å²) in [6.45, 7) is 6.56. The highest BCUT2D eigenvalue weighted by atomic mass is 32.1. The van der Waals surface area contributed by atoms with E-state index in [2.05, 4.69) is 37.1 Å². The van der Waals surface area contributed by atoms with Crippen LogP contribution in [-0.4, -0.2) is 17.6 Å². The summed E-state index contributed by atoms with van der Waals surface area (Å²) in [4.78, 5) is 12.6. The molecule has 0 aromatic heterocycles. The molecule has 4 heteroatoms. The van der Waals surface area contributed by atoms with E-state index in [0.717, 1.165) is 28.2 Å². The molecular weight excluding hydrogens is 342 g/mol. The van der Waals surface area contributed by atoms with Gasteiger partial charge in [-0.05, 0) is 60.4 Å². The number of fused-ring (bicyclic) bond motifs is 1. The van der Waals surface area contributed by atoms with Crippen molar-refractivity contribution in [2.75, 3.05) is 11.9 Å². The van der Waals surface area contributed by atoms with Crippen LogP contribution in [0.15, 0.2) is 42.5 Å². The number of anilines is 1. The molecule has 0 radical (unpaired) electrons. The first-order chi connectivity index (χ1) is 12.4. The molecule has 0 saturated heterocycles. The lowest BCUT2D eigenvalue weighted by Crippen LogP contribution is -2.31. The maximum Gasteiger partial charge on any atom is 0.338 e. The van der Waals surface area contributed by atoms with Gasteiger partial charge in [0.15, 0.2) is 0 Å². The summed E-state index contributed by atoms with van der Waals surface area (Å²) in [6.07, 6.45) is 0.835. The molecule has 3 nitrogen and oxygen atoms in total. The topological polar surface area (TPSA) is 38.3 Å². The van der Waals surface area contributed by atoms with Crippen LogP contribution in [0.25, 0.3) is 0 Å². The molecule has 26 heavy (non-hydrogen) atoms. The molecule has 2 aromatic carbocycles. The minimum absolute atomic E-state index is 0.00333. The molecule has 2 aromatic rings. The van der Waals surface area contributed by atoms with Gasteiger partial charge in [0, 0.05) is 23.2 Å². The van der Waals surface area contributed by atoms with Crippen LogP contribution in [0.5, 0.6) is 0 Å². The van der Waals surface area contributed by atoms with Crippen molar-refractivity contribution in [1.29, 1.82) is 0 Å². The van der Waals surface area contributed by atoms with Crippen LogP contribution in [0.2, 0.25) is 0 Å². The average Bonchev–Trinajstić information content (AvgIpc) is 2.60. The molecule has 3 rings (SSSR count). The number of carbonyl (C=O) groups is 1. The Morgan fingerprint density at radius 3 is 2.50 bits per heavy atom. The zero-order valence-corrected chi connectivity index (χ0v) is 16.0. The van der Waals surface area contributed by atoms with Gasteiger partial charge in [0.05, 0.1) is 17.2 Å². The van der Waals surface area contributed by atoms with Crippen molar-refractivity contribution in [3.63, 3.8) is 0 Å². The van der Waals surface area contributed by atoms with E-state index < -0.39 is 0 Å². The minimum atomic E-state index is -0.311. The molecule has 0 fully saturated rings. The molecule has 132 valence electrons. The smallest absolute Gasteiger partial charge is 0.338 e. The van der Waals surface area contributed by atoms with Gasteiger partial charge in [0.1, 0.15) is 0 Å². The van der Waals surface area contributed by atoms with Crippen LogP contribution in [0.3, 0.4) is 0 Å². The second-order valence-electron chi connectivity index (χ2n) is 6.92. The van der Waals surface area contributed by atoms with Crippen molar-refractivity contribution in [3.05, 3.63) is 64.7 Å². The highest BCUT2D eigenvalue weighted by Gasteiger charge is 2.29. The summed E-state index contributed by atoms with van der Waals surface area (Å²) in [7, 11) is 0. The number of ether oxygens (including phenoxy) is 1. The first-order valence-electron chi connectivity index (χ1n) is 8.62. The Labute approximate surface area is 159 Å². The van der Waals surface area contributed by atoms with Gasteiger partial charge >= 0.3 is 5.97 Å². The normalized spacial score (nSPS) is 14.5. The summed E-state index contributed by atoms with van der Waals surface area (Å²) in [5.74, 6) is 6.05. The van der Waals surface area contributed by atoms with Crippen molar-refractivity contribution in [3.8, 4) is 11.8 Å². The Morgan fingerprint density at radius 1 is 1.15 bits per heavy atom. The van der Waals surface area contributed by atoms with Crippen molar-refractivity contribution in [1.82, 2.24) is 0 Å². The minimum Gasteiger partial charge on any atom is -0.462 e. The first kappa shape index (κ1) is 18.2. The van der Waals surface area contributed by atoms with Gasteiger partial charge in [0.25, 0.3) is 0 Å². The van der Waals surface area contributed by atoms with Crippen LogP contribution >= 0.6 is 12.2 Å². The molecule has 1 aliphatic rings. The predicted molar refractivity (Wildman–Crippen MR) is 109 cm³/mol. The molecule has 0 aliphatic carbocycles. The monoisotopic (exact) mass is 363 g/mol. The summed E-state index contributed by atoms with van der Waals surface area (Å²) in [5.41, 5.74) is 4.65. The third-order valence-electron chi connectivity index (χ3n) is 4.37. The van der Waals surface area contributed by atoms with E-state index >= 15 is 0 Å². The number of rotatable bonds is 2. The SMILES string of the molecule is CCOC(=O)c1ccc(C#Cc2ccc3c(c2)C(C)(C)CC(=S)N3)cc1. The molecule has 0 atom stereocenters. The fourth-order valence-corrected chi connectivity index (χ4v) is 3.50. The van der Waals surface area contributed by atoms with Crippen LogP contribution in [0.1, 0.15) is 54.2 Å². The molecular formula is C22H21NO2S. The lowest BCUT2D eigenvalue weighted by molar-refractivity contribution is 0.0526. The van der Waals surface area contributed by atoms with Crippen molar-refractivity contribution in [2.45, 2.75) is 32.6 Å². The summed E-state index contributed by atoms with van der Waals surface area (Å²) in [5, 5.41) is 3.28. The molecule has 0 saturated carbocycles. The maximum absolute atomic E-state index is 11.7. The Kier molecular flexibility index (Phi) is 5.11. The molecule has 1 aliphatic heterocycles. The van der Waals surface area contributed by atoms with Gasteiger partial charge in [-0.1, -0.05) is 37.9 Å². The maximum atomic E-state index is 11.7. The lowest BCUT2D eigenvalue weighted by atomic mass is 9.78. The highest BCUT2D eigenvalue weighted by Crippen LogP contribution is 2.37. The van der Waals surface area contributed by atoms with Gasteiger partial charge < -0.3 is 10.1 Å². The number of nitrogens with one attached hydrogen (secondary N) is 1. The summed E-state index contributed by atoms with van der Waals surface area (Å²) >= 11 is 5.35. The molecule has 1 N–H and O–H groups in total. The van der Waals surface area contributed by atoms with E-state index in [1.807, 2.05) is 24.3 Å². The average molecular weight is 363 g/mol. The van der Waals surface area contributed by atoms with E-state index in [-0.39, 0.29) is 11.4 Å². The Bertz CT molecular complexity index is 917. The van der Waals surface area contributed by atoms with E-state index in [1.54, 1.807) is 19.1 Å². The lowest BCUT2D eigenvalue weighted by Gasteiger charge is -2.33. The first-order valence-corrected chi connectivity index (χ1v) is 9.03. The van der Waals surface area contributed by atoms with Crippen LogP contribution in [-0.2, 0) is 10.2 Å². The second-order valence-corrected chi connectivity index (χ2v) is 7.41. The Hall–Kier alpha value is -2.64. The van der Waals surface area contributed by atoms with Gasteiger partial charge in [-0.2, -0.15) is 0 Å². The zero-order chi connectivity index (χ0) is 18.7. The molecule has 0 bridgehead atoms. The van der Waals surface area contributed by atoms with Gasteiger partial charge in [0.2, 0.25) is 0 Å². The molecule has 0 amide bonds. The van der Waals surface area contributed by atoms with E-state index in [4.69, 9.17) is 17.0 Å². The van der Waals surface area contributed by atoms with Crippen molar-refractivity contribution < 1.29 is 9.53 Å². The van der Waals surface area contributed by atoms with E-state index in [9.17, 15) is 4.79 Å². The molecule has 0 spiro atoms. The number of benzene rings is 2.